The van der Waals surface area contributed by atoms with Crippen LogP contribution in [0.3, 0.4) is 0 Å². The van der Waals surface area contributed by atoms with Crippen LogP contribution in [-0.2, 0) is 6.54 Å². The molecule has 0 aliphatic carbocycles. The topological polar surface area (TPSA) is 63.8 Å². The van der Waals surface area contributed by atoms with E-state index in [-0.39, 0.29) is 6.04 Å². The summed E-state index contributed by atoms with van der Waals surface area (Å²) in [6.07, 6.45) is 3.62. The lowest BCUT2D eigenvalue weighted by molar-refractivity contribution is 0.300. The molecular weight excluding hydrogens is 204 g/mol. The summed E-state index contributed by atoms with van der Waals surface area (Å²) in [5.41, 5.74) is 2.82. The highest BCUT2D eigenvalue weighted by molar-refractivity contribution is 5.13. The maximum Gasteiger partial charge on any atom is 0.121 e. The van der Waals surface area contributed by atoms with Crippen LogP contribution in [0, 0.1) is 6.92 Å². The molecular formula is C11H14N4O. The van der Waals surface area contributed by atoms with E-state index in [0.717, 1.165) is 17.0 Å². The van der Waals surface area contributed by atoms with E-state index >= 15 is 0 Å². The molecule has 1 N–H and O–H groups in total. The fourth-order valence-corrected chi connectivity index (χ4v) is 1.41. The van der Waals surface area contributed by atoms with E-state index in [1.807, 2.05) is 25.3 Å². The van der Waals surface area contributed by atoms with Gasteiger partial charge in [0.15, 0.2) is 0 Å². The highest BCUT2D eigenvalue weighted by Crippen LogP contribution is 2.11. The predicted molar refractivity (Wildman–Crippen MR) is 58.5 cm³/mol. The van der Waals surface area contributed by atoms with E-state index in [9.17, 15) is 0 Å². The van der Waals surface area contributed by atoms with E-state index in [1.54, 1.807) is 6.20 Å². The number of aromatic nitrogens is 3. The maximum atomic E-state index is 4.63. The number of rotatable bonds is 4. The van der Waals surface area contributed by atoms with Gasteiger partial charge >= 0.3 is 0 Å². The SMILES string of the molecule is Cc1nonc1CNC(C)c1cccnc1. The molecule has 0 radical (unpaired) electrons. The molecule has 0 saturated heterocycles. The van der Waals surface area contributed by atoms with Crippen molar-refractivity contribution >= 4 is 0 Å². The Balaban J connectivity index is 1.94. The number of nitrogens with one attached hydrogen (secondary N) is 1. The third-order valence-corrected chi connectivity index (χ3v) is 2.51. The number of nitrogens with zero attached hydrogens (tertiary/aromatic N) is 3. The van der Waals surface area contributed by atoms with Crippen LogP contribution < -0.4 is 5.32 Å². The van der Waals surface area contributed by atoms with E-state index in [1.165, 1.54) is 0 Å². The van der Waals surface area contributed by atoms with Crippen molar-refractivity contribution in [3.05, 3.63) is 41.5 Å². The molecule has 0 saturated carbocycles. The Morgan fingerprint density at radius 1 is 1.44 bits per heavy atom. The summed E-state index contributed by atoms with van der Waals surface area (Å²) in [5, 5.41) is 10.9. The molecule has 5 heteroatoms. The summed E-state index contributed by atoms with van der Waals surface area (Å²) < 4.78 is 4.63. The Hall–Kier alpha value is -1.75. The summed E-state index contributed by atoms with van der Waals surface area (Å²) in [6.45, 7) is 4.60. The van der Waals surface area contributed by atoms with Crippen molar-refractivity contribution in [2.45, 2.75) is 26.4 Å². The molecule has 0 spiro atoms. The predicted octanol–water partition coefficient (Wildman–Crippen LogP) is 1.62. The van der Waals surface area contributed by atoms with Crippen molar-refractivity contribution in [1.82, 2.24) is 20.6 Å². The molecule has 84 valence electrons. The van der Waals surface area contributed by atoms with Gasteiger partial charge < -0.3 is 5.32 Å². The van der Waals surface area contributed by atoms with Gasteiger partial charge in [0, 0.05) is 25.0 Å². The monoisotopic (exact) mass is 218 g/mol. The zero-order valence-corrected chi connectivity index (χ0v) is 9.34. The largest absolute Gasteiger partial charge is 0.304 e. The molecule has 2 aromatic rings. The maximum absolute atomic E-state index is 4.63. The zero-order valence-electron chi connectivity index (χ0n) is 9.34. The quantitative estimate of drug-likeness (QED) is 0.844. The number of hydrogen-bond acceptors (Lipinski definition) is 5. The fraction of sp³-hybridized carbons (Fsp3) is 0.364. The lowest BCUT2D eigenvalue weighted by Gasteiger charge is -2.12. The molecule has 0 aliphatic heterocycles. The van der Waals surface area contributed by atoms with Crippen LogP contribution in [0.25, 0.3) is 0 Å². The first-order valence-electron chi connectivity index (χ1n) is 5.18. The average Bonchev–Trinajstić information content (AvgIpc) is 2.73. The minimum Gasteiger partial charge on any atom is -0.304 e. The minimum atomic E-state index is 0.227. The van der Waals surface area contributed by atoms with Crippen molar-refractivity contribution in [2.75, 3.05) is 0 Å². The highest BCUT2D eigenvalue weighted by Gasteiger charge is 2.08. The molecule has 2 aromatic heterocycles. The molecule has 1 atom stereocenters. The summed E-state index contributed by atoms with van der Waals surface area (Å²) in [5.74, 6) is 0. The number of pyridine rings is 1. The molecule has 0 amide bonds. The first kappa shape index (κ1) is 10.8. The second kappa shape index (κ2) is 4.85. The normalized spacial score (nSPS) is 12.6. The van der Waals surface area contributed by atoms with E-state index in [4.69, 9.17) is 0 Å². The lowest BCUT2D eigenvalue weighted by Crippen LogP contribution is -2.18. The van der Waals surface area contributed by atoms with Crippen molar-refractivity contribution in [3.63, 3.8) is 0 Å². The summed E-state index contributed by atoms with van der Waals surface area (Å²) in [7, 11) is 0. The Labute approximate surface area is 93.9 Å². The van der Waals surface area contributed by atoms with Gasteiger partial charge in [0.05, 0.1) is 0 Å². The van der Waals surface area contributed by atoms with Crippen molar-refractivity contribution < 1.29 is 4.63 Å². The Kier molecular flexibility index (Phi) is 3.26. The smallest absolute Gasteiger partial charge is 0.121 e. The molecule has 1 unspecified atom stereocenters. The van der Waals surface area contributed by atoms with E-state index < -0.39 is 0 Å². The Morgan fingerprint density at radius 2 is 2.31 bits per heavy atom. The highest BCUT2D eigenvalue weighted by atomic mass is 16.6. The molecule has 2 heterocycles. The van der Waals surface area contributed by atoms with Crippen molar-refractivity contribution in [3.8, 4) is 0 Å². The first-order valence-corrected chi connectivity index (χ1v) is 5.18. The van der Waals surface area contributed by atoms with Crippen LogP contribution in [0.5, 0.6) is 0 Å². The first-order chi connectivity index (χ1) is 7.77. The van der Waals surface area contributed by atoms with Crippen LogP contribution in [0.4, 0.5) is 0 Å². The van der Waals surface area contributed by atoms with Gasteiger partial charge in [-0.25, -0.2) is 4.63 Å². The standard InChI is InChI=1S/C11H14N4O/c1-8(10-4-3-5-12-6-10)13-7-11-9(2)14-16-15-11/h3-6,8,13H,7H2,1-2H3. The third-order valence-electron chi connectivity index (χ3n) is 2.51. The van der Waals surface area contributed by atoms with Gasteiger partial charge in [0.1, 0.15) is 11.4 Å². The summed E-state index contributed by atoms with van der Waals surface area (Å²) >= 11 is 0. The lowest BCUT2D eigenvalue weighted by atomic mass is 10.1. The molecule has 0 bridgehead atoms. The van der Waals surface area contributed by atoms with Gasteiger partial charge in [-0.3, -0.25) is 4.98 Å². The van der Waals surface area contributed by atoms with Crippen LogP contribution in [0.1, 0.15) is 29.9 Å². The van der Waals surface area contributed by atoms with Gasteiger partial charge in [0.2, 0.25) is 0 Å². The molecule has 2 rings (SSSR count). The van der Waals surface area contributed by atoms with Crippen molar-refractivity contribution in [1.29, 1.82) is 0 Å². The molecule has 0 aliphatic rings. The number of hydrogen-bond donors (Lipinski definition) is 1. The van der Waals surface area contributed by atoms with Crippen LogP contribution in [-0.4, -0.2) is 15.3 Å². The fourth-order valence-electron chi connectivity index (χ4n) is 1.41. The van der Waals surface area contributed by atoms with Crippen LogP contribution in [0.15, 0.2) is 29.2 Å². The number of aryl methyl sites for hydroxylation is 1. The van der Waals surface area contributed by atoms with Gasteiger partial charge in [-0.15, -0.1) is 0 Å². The van der Waals surface area contributed by atoms with Gasteiger partial charge in [-0.2, -0.15) is 0 Å². The van der Waals surface area contributed by atoms with Crippen LogP contribution in [0.2, 0.25) is 0 Å². The second-order valence-electron chi connectivity index (χ2n) is 3.69. The van der Waals surface area contributed by atoms with Gasteiger partial charge in [0.25, 0.3) is 0 Å². The Morgan fingerprint density at radius 3 is 2.94 bits per heavy atom. The molecule has 0 aromatic carbocycles. The van der Waals surface area contributed by atoms with Crippen molar-refractivity contribution in [2.24, 2.45) is 0 Å². The summed E-state index contributed by atoms with van der Waals surface area (Å²) in [4.78, 5) is 4.08. The van der Waals surface area contributed by atoms with E-state index in [2.05, 4.69) is 32.2 Å². The third kappa shape index (κ3) is 2.43. The molecule has 0 fully saturated rings. The van der Waals surface area contributed by atoms with Gasteiger partial charge in [-0.1, -0.05) is 16.4 Å². The molecule has 16 heavy (non-hydrogen) atoms. The Bertz CT molecular complexity index is 440. The average molecular weight is 218 g/mol. The van der Waals surface area contributed by atoms with Crippen LogP contribution >= 0.6 is 0 Å². The van der Waals surface area contributed by atoms with Gasteiger partial charge in [-0.05, 0) is 25.5 Å². The zero-order chi connectivity index (χ0) is 11.4. The van der Waals surface area contributed by atoms with E-state index in [0.29, 0.717) is 6.54 Å². The minimum absolute atomic E-state index is 0.227. The summed E-state index contributed by atoms with van der Waals surface area (Å²) in [6, 6.07) is 4.19. The second-order valence-corrected chi connectivity index (χ2v) is 3.69. The molecule has 5 nitrogen and oxygen atoms in total.